The van der Waals surface area contributed by atoms with E-state index in [1.807, 2.05) is 23.1 Å². The van der Waals surface area contributed by atoms with Gasteiger partial charge in [0.2, 0.25) is 5.91 Å². The molecule has 3 heteroatoms. The maximum absolute atomic E-state index is 12.4. The first-order chi connectivity index (χ1) is 10.1. The van der Waals surface area contributed by atoms with Crippen LogP contribution in [0.25, 0.3) is 0 Å². The Morgan fingerprint density at radius 2 is 1.90 bits per heavy atom. The number of amides is 1. The molecule has 1 amide bonds. The summed E-state index contributed by atoms with van der Waals surface area (Å²) in [4.78, 5) is 14.3. The second-order valence-corrected chi connectivity index (χ2v) is 5.64. The van der Waals surface area contributed by atoms with E-state index in [1.165, 1.54) is 22.3 Å². The molecule has 108 valence electrons. The van der Waals surface area contributed by atoms with E-state index >= 15 is 0 Å². The Balaban J connectivity index is 2.00. The Kier molecular flexibility index (Phi) is 3.76. The third-order valence-corrected chi connectivity index (χ3v) is 4.01. The number of fused-ring (bicyclic) bond motifs is 1. The summed E-state index contributed by atoms with van der Waals surface area (Å²) >= 11 is 0. The molecule has 3 rings (SSSR count). The molecule has 0 radical (unpaired) electrons. The number of benzene rings is 2. The van der Waals surface area contributed by atoms with E-state index in [9.17, 15) is 4.79 Å². The fraction of sp³-hybridized carbons (Fsp3) is 0.278. The monoisotopic (exact) mass is 280 g/mol. The summed E-state index contributed by atoms with van der Waals surface area (Å²) in [5.41, 5.74) is 5.86. The fourth-order valence-electron chi connectivity index (χ4n) is 2.77. The van der Waals surface area contributed by atoms with Crippen LogP contribution in [0, 0.1) is 13.8 Å². The summed E-state index contributed by atoms with van der Waals surface area (Å²) in [6, 6.07) is 14.5. The Bertz CT molecular complexity index is 679. The van der Waals surface area contributed by atoms with Crippen LogP contribution in [-0.2, 0) is 17.9 Å². The molecule has 2 aromatic carbocycles. The number of hydrogen-bond acceptors (Lipinski definition) is 2. The first-order valence-electron chi connectivity index (χ1n) is 7.30. The fourth-order valence-corrected chi connectivity index (χ4v) is 2.77. The molecule has 1 heterocycles. The number of hydrogen-bond donors (Lipinski definition) is 1. The second kappa shape index (κ2) is 5.70. The van der Waals surface area contributed by atoms with Crippen molar-refractivity contribution in [2.75, 3.05) is 11.4 Å². The van der Waals surface area contributed by atoms with Gasteiger partial charge < -0.3 is 10.2 Å². The molecular formula is C18H20N2O. The van der Waals surface area contributed by atoms with Crippen molar-refractivity contribution in [3.63, 3.8) is 0 Å². The number of anilines is 1. The van der Waals surface area contributed by atoms with Gasteiger partial charge in [0.05, 0.1) is 13.1 Å². The van der Waals surface area contributed by atoms with E-state index in [-0.39, 0.29) is 5.91 Å². The average molecular weight is 280 g/mol. The summed E-state index contributed by atoms with van der Waals surface area (Å²) < 4.78 is 0. The van der Waals surface area contributed by atoms with Gasteiger partial charge in [-0.1, -0.05) is 42.0 Å². The van der Waals surface area contributed by atoms with Crippen LogP contribution in [0.4, 0.5) is 5.69 Å². The van der Waals surface area contributed by atoms with Crippen LogP contribution in [0.5, 0.6) is 0 Å². The maximum Gasteiger partial charge on any atom is 0.241 e. The highest BCUT2D eigenvalue weighted by molar-refractivity contribution is 5.96. The number of carbonyl (C=O) groups excluding carboxylic acids is 1. The zero-order valence-corrected chi connectivity index (χ0v) is 12.5. The first-order valence-corrected chi connectivity index (χ1v) is 7.30. The molecule has 0 saturated heterocycles. The van der Waals surface area contributed by atoms with Crippen molar-refractivity contribution in [1.29, 1.82) is 0 Å². The maximum atomic E-state index is 12.4. The van der Waals surface area contributed by atoms with Gasteiger partial charge in [0.1, 0.15) is 0 Å². The van der Waals surface area contributed by atoms with Gasteiger partial charge in [-0.25, -0.2) is 0 Å². The number of nitrogens with one attached hydrogen (secondary N) is 1. The van der Waals surface area contributed by atoms with Gasteiger partial charge in [0.15, 0.2) is 0 Å². The predicted molar refractivity (Wildman–Crippen MR) is 85.3 cm³/mol. The summed E-state index contributed by atoms with van der Waals surface area (Å²) in [6.07, 6.45) is 0. The van der Waals surface area contributed by atoms with Crippen LogP contribution in [0.3, 0.4) is 0 Å². The van der Waals surface area contributed by atoms with Crippen LogP contribution in [-0.4, -0.2) is 12.5 Å². The van der Waals surface area contributed by atoms with Crippen LogP contribution in [0.2, 0.25) is 0 Å². The van der Waals surface area contributed by atoms with Gasteiger partial charge in [-0.3, -0.25) is 4.79 Å². The van der Waals surface area contributed by atoms with Crippen LogP contribution in [0.1, 0.15) is 22.3 Å². The van der Waals surface area contributed by atoms with Gasteiger partial charge in [0.25, 0.3) is 0 Å². The van der Waals surface area contributed by atoms with E-state index in [2.05, 4.69) is 43.4 Å². The smallest absolute Gasteiger partial charge is 0.241 e. The number of nitrogens with zero attached hydrogens (tertiary/aromatic N) is 1. The Morgan fingerprint density at radius 3 is 2.76 bits per heavy atom. The summed E-state index contributed by atoms with van der Waals surface area (Å²) in [6.45, 7) is 5.94. The van der Waals surface area contributed by atoms with Gasteiger partial charge in [-0.15, -0.1) is 0 Å². The van der Waals surface area contributed by atoms with E-state index in [0.717, 1.165) is 12.2 Å². The molecule has 0 fully saturated rings. The Labute approximate surface area is 125 Å². The molecule has 3 nitrogen and oxygen atoms in total. The van der Waals surface area contributed by atoms with Crippen molar-refractivity contribution in [3.8, 4) is 0 Å². The number of carbonyl (C=O) groups is 1. The predicted octanol–water partition coefficient (Wildman–Crippen LogP) is 2.94. The topological polar surface area (TPSA) is 32.3 Å². The molecule has 0 saturated carbocycles. The molecule has 0 aromatic heterocycles. The SMILES string of the molecule is Cc1ccc(C)c(CN2C(=O)CNCc3ccccc32)c1. The standard InChI is InChI=1S/C18H20N2O/c1-13-7-8-14(2)16(9-13)12-20-17-6-4-3-5-15(17)10-19-11-18(20)21/h3-9,19H,10-12H2,1-2H3. The number of aryl methyl sites for hydroxylation is 2. The molecule has 0 aliphatic carbocycles. The lowest BCUT2D eigenvalue weighted by atomic mass is 10.0. The Morgan fingerprint density at radius 1 is 1.10 bits per heavy atom. The average Bonchev–Trinajstić information content (AvgIpc) is 2.63. The normalized spacial score (nSPS) is 14.8. The second-order valence-electron chi connectivity index (χ2n) is 5.64. The molecule has 1 aliphatic rings. The van der Waals surface area contributed by atoms with Gasteiger partial charge >= 0.3 is 0 Å². The summed E-state index contributed by atoms with van der Waals surface area (Å²) in [5, 5.41) is 3.20. The molecule has 0 unspecified atom stereocenters. The van der Waals surface area contributed by atoms with Crippen molar-refractivity contribution >= 4 is 11.6 Å². The quantitative estimate of drug-likeness (QED) is 0.917. The van der Waals surface area contributed by atoms with Crippen LogP contribution in [0.15, 0.2) is 42.5 Å². The molecule has 0 spiro atoms. The van der Waals surface area contributed by atoms with Crippen molar-refractivity contribution in [2.24, 2.45) is 0 Å². The molecular weight excluding hydrogens is 260 g/mol. The molecule has 0 bridgehead atoms. The van der Waals surface area contributed by atoms with Crippen LogP contribution >= 0.6 is 0 Å². The van der Waals surface area contributed by atoms with E-state index in [1.54, 1.807) is 0 Å². The minimum atomic E-state index is 0.126. The highest BCUT2D eigenvalue weighted by atomic mass is 16.2. The molecule has 1 N–H and O–H groups in total. The highest BCUT2D eigenvalue weighted by Crippen LogP contribution is 2.25. The third-order valence-electron chi connectivity index (χ3n) is 4.01. The minimum Gasteiger partial charge on any atom is -0.307 e. The lowest BCUT2D eigenvalue weighted by molar-refractivity contribution is -0.117. The first kappa shape index (κ1) is 13.8. The van der Waals surface area contributed by atoms with E-state index in [0.29, 0.717) is 13.1 Å². The van der Waals surface area contributed by atoms with Crippen molar-refractivity contribution in [3.05, 3.63) is 64.7 Å². The van der Waals surface area contributed by atoms with Crippen molar-refractivity contribution in [1.82, 2.24) is 5.32 Å². The number of rotatable bonds is 2. The van der Waals surface area contributed by atoms with E-state index < -0.39 is 0 Å². The minimum absolute atomic E-state index is 0.126. The summed E-state index contributed by atoms with van der Waals surface area (Å²) in [5.74, 6) is 0.126. The zero-order chi connectivity index (χ0) is 14.8. The number of para-hydroxylation sites is 1. The highest BCUT2D eigenvalue weighted by Gasteiger charge is 2.22. The lowest BCUT2D eigenvalue weighted by Crippen LogP contribution is -2.35. The summed E-state index contributed by atoms with van der Waals surface area (Å²) in [7, 11) is 0. The lowest BCUT2D eigenvalue weighted by Gasteiger charge is -2.24. The van der Waals surface area contributed by atoms with Gasteiger partial charge in [-0.05, 0) is 36.6 Å². The van der Waals surface area contributed by atoms with Crippen LogP contribution < -0.4 is 10.2 Å². The molecule has 0 atom stereocenters. The molecule has 21 heavy (non-hydrogen) atoms. The largest absolute Gasteiger partial charge is 0.307 e. The van der Waals surface area contributed by atoms with Crippen molar-refractivity contribution < 1.29 is 4.79 Å². The van der Waals surface area contributed by atoms with Crippen molar-refractivity contribution in [2.45, 2.75) is 26.9 Å². The van der Waals surface area contributed by atoms with E-state index in [4.69, 9.17) is 0 Å². The van der Waals surface area contributed by atoms with Gasteiger partial charge in [0, 0.05) is 12.2 Å². The Hall–Kier alpha value is -2.13. The molecule has 2 aromatic rings. The molecule has 1 aliphatic heterocycles. The van der Waals surface area contributed by atoms with Gasteiger partial charge in [-0.2, -0.15) is 0 Å². The zero-order valence-electron chi connectivity index (χ0n) is 12.5. The third kappa shape index (κ3) is 2.83.